The van der Waals surface area contributed by atoms with Gasteiger partial charge in [-0.3, -0.25) is 5.84 Å². The van der Waals surface area contributed by atoms with Gasteiger partial charge in [-0.15, -0.1) is 0 Å². The second-order valence-electron chi connectivity index (χ2n) is 2.75. The van der Waals surface area contributed by atoms with Crippen molar-refractivity contribution in [2.75, 3.05) is 0 Å². The number of nitrogens with one attached hydrogen (secondary N) is 1. The fourth-order valence-electron chi connectivity index (χ4n) is 0.369. The predicted molar refractivity (Wildman–Crippen MR) is 34.2 cm³/mol. The smallest absolute Gasteiger partial charge is 0.226 e. The van der Waals surface area contributed by atoms with Crippen LogP contribution >= 0.6 is 0 Å². The summed E-state index contributed by atoms with van der Waals surface area (Å²) in [4.78, 5) is 0. The molecule has 0 saturated heterocycles. The number of hydrazine groups is 1. The van der Waals surface area contributed by atoms with Gasteiger partial charge in [0, 0.05) is 0 Å². The minimum atomic E-state index is -1.08. The molecule has 4 N–H and O–H groups in total. The van der Waals surface area contributed by atoms with Gasteiger partial charge in [-0.25, -0.2) is 5.43 Å². The highest BCUT2D eigenvalue weighted by Crippen LogP contribution is 2.06. The number of aliphatic hydroxyl groups excluding tert-OH is 1. The van der Waals surface area contributed by atoms with Crippen molar-refractivity contribution < 1.29 is 9.84 Å². The summed E-state index contributed by atoms with van der Waals surface area (Å²) in [6.45, 7) is 5.48. The van der Waals surface area contributed by atoms with Crippen LogP contribution in [0.25, 0.3) is 0 Å². The van der Waals surface area contributed by atoms with E-state index in [1.54, 1.807) is 0 Å². The third kappa shape index (κ3) is 5.72. The van der Waals surface area contributed by atoms with Crippen LogP contribution in [0.1, 0.15) is 20.8 Å². The van der Waals surface area contributed by atoms with Gasteiger partial charge in [0.25, 0.3) is 0 Å². The van der Waals surface area contributed by atoms with Crippen molar-refractivity contribution in [1.82, 2.24) is 5.43 Å². The topological polar surface area (TPSA) is 67.5 Å². The van der Waals surface area contributed by atoms with E-state index in [0.717, 1.165) is 0 Å². The van der Waals surface area contributed by atoms with Crippen molar-refractivity contribution in [3.05, 3.63) is 0 Å². The lowest BCUT2D eigenvalue weighted by molar-refractivity contribution is -0.181. The average Bonchev–Trinajstić information content (AvgIpc) is 1.62. The van der Waals surface area contributed by atoms with Gasteiger partial charge in [0.15, 0.2) is 0 Å². The minimum Gasteiger partial charge on any atom is -0.355 e. The maximum Gasteiger partial charge on any atom is 0.226 e. The molecule has 0 fully saturated rings. The summed E-state index contributed by atoms with van der Waals surface area (Å²) in [6.07, 6.45) is -1.08. The number of rotatable bonds is 2. The molecule has 0 bridgehead atoms. The lowest BCUT2D eigenvalue weighted by Crippen LogP contribution is -2.41. The number of aliphatic hydroxyl groups is 1. The maximum atomic E-state index is 8.74. The molecule has 1 unspecified atom stereocenters. The Bertz CT molecular complexity index is 79.5. The van der Waals surface area contributed by atoms with Crippen LogP contribution in [0.2, 0.25) is 0 Å². The Morgan fingerprint density at radius 1 is 1.56 bits per heavy atom. The highest BCUT2D eigenvalue weighted by molar-refractivity contribution is 4.58. The molecule has 0 aliphatic carbocycles. The Morgan fingerprint density at radius 2 is 2.00 bits per heavy atom. The van der Waals surface area contributed by atoms with Crippen molar-refractivity contribution in [2.24, 2.45) is 5.84 Å². The molecule has 0 saturated carbocycles. The first-order valence-electron chi connectivity index (χ1n) is 2.78. The Balaban J connectivity index is 3.47. The molecule has 0 amide bonds. The van der Waals surface area contributed by atoms with Crippen molar-refractivity contribution in [3.63, 3.8) is 0 Å². The Morgan fingerprint density at radius 3 is 2.11 bits per heavy atom. The molecule has 4 nitrogen and oxygen atoms in total. The molecular weight excluding hydrogens is 120 g/mol. The summed E-state index contributed by atoms with van der Waals surface area (Å²) in [7, 11) is 0. The quantitative estimate of drug-likeness (QED) is 0.271. The lowest BCUT2D eigenvalue weighted by atomic mass is 10.2. The van der Waals surface area contributed by atoms with Crippen molar-refractivity contribution in [3.8, 4) is 0 Å². The predicted octanol–water partition coefficient (Wildman–Crippen LogP) is -0.459. The summed E-state index contributed by atoms with van der Waals surface area (Å²) >= 11 is 0. The van der Waals surface area contributed by atoms with Crippen LogP contribution < -0.4 is 11.3 Å². The number of hydrogen-bond donors (Lipinski definition) is 3. The summed E-state index contributed by atoms with van der Waals surface area (Å²) in [6, 6.07) is 0. The summed E-state index contributed by atoms with van der Waals surface area (Å²) in [5.74, 6) is 4.85. The third-order valence-corrected chi connectivity index (χ3v) is 0.608. The highest BCUT2D eigenvalue weighted by atomic mass is 16.6. The monoisotopic (exact) mass is 134 g/mol. The van der Waals surface area contributed by atoms with E-state index < -0.39 is 6.41 Å². The molecule has 0 rings (SSSR count). The van der Waals surface area contributed by atoms with Crippen LogP contribution in [0, 0.1) is 0 Å². The van der Waals surface area contributed by atoms with Crippen LogP contribution in [-0.4, -0.2) is 17.1 Å². The standard InChI is InChI=1S/C5H14N2O2/c1-5(2,3)9-4(8)7-6/h4,7-8H,6H2,1-3H3. The normalized spacial score (nSPS) is 15.7. The maximum absolute atomic E-state index is 8.74. The summed E-state index contributed by atoms with van der Waals surface area (Å²) in [5.41, 5.74) is 1.69. The molecule has 0 spiro atoms. The van der Waals surface area contributed by atoms with E-state index in [4.69, 9.17) is 15.7 Å². The van der Waals surface area contributed by atoms with Crippen LogP contribution in [0.3, 0.4) is 0 Å². The van der Waals surface area contributed by atoms with Gasteiger partial charge in [0.2, 0.25) is 6.41 Å². The first kappa shape index (κ1) is 8.84. The zero-order valence-electron chi connectivity index (χ0n) is 6.01. The average molecular weight is 134 g/mol. The van der Waals surface area contributed by atoms with E-state index in [1.165, 1.54) is 0 Å². The molecule has 0 aliphatic rings. The Kier molecular flexibility index (Phi) is 3.07. The molecule has 56 valence electrons. The van der Waals surface area contributed by atoms with Gasteiger partial charge in [0.05, 0.1) is 5.60 Å². The summed E-state index contributed by atoms with van der Waals surface area (Å²) < 4.78 is 4.91. The zero-order valence-corrected chi connectivity index (χ0v) is 6.01. The van der Waals surface area contributed by atoms with E-state index in [9.17, 15) is 0 Å². The van der Waals surface area contributed by atoms with Crippen LogP contribution in [0.15, 0.2) is 0 Å². The first-order valence-corrected chi connectivity index (χ1v) is 2.78. The van der Waals surface area contributed by atoms with E-state index in [-0.39, 0.29) is 5.60 Å². The van der Waals surface area contributed by atoms with Crippen molar-refractivity contribution in [2.45, 2.75) is 32.8 Å². The fraction of sp³-hybridized carbons (Fsp3) is 1.00. The molecule has 0 radical (unpaired) electrons. The molecule has 1 atom stereocenters. The van der Waals surface area contributed by atoms with Gasteiger partial charge >= 0.3 is 0 Å². The number of ether oxygens (including phenoxy) is 1. The van der Waals surface area contributed by atoms with Gasteiger partial charge in [-0.05, 0) is 20.8 Å². The molecular formula is C5H14N2O2. The Hall–Kier alpha value is -0.160. The van der Waals surface area contributed by atoms with Crippen molar-refractivity contribution in [1.29, 1.82) is 0 Å². The van der Waals surface area contributed by atoms with Crippen LogP contribution in [-0.2, 0) is 4.74 Å². The second kappa shape index (κ2) is 3.12. The van der Waals surface area contributed by atoms with Gasteiger partial charge in [-0.2, -0.15) is 0 Å². The van der Waals surface area contributed by atoms with E-state index >= 15 is 0 Å². The van der Waals surface area contributed by atoms with Gasteiger partial charge in [0.1, 0.15) is 0 Å². The molecule has 0 heterocycles. The SMILES string of the molecule is CC(C)(C)OC(O)NN. The fourth-order valence-corrected chi connectivity index (χ4v) is 0.369. The van der Waals surface area contributed by atoms with Crippen LogP contribution in [0.5, 0.6) is 0 Å². The Labute approximate surface area is 55.0 Å². The second-order valence-corrected chi connectivity index (χ2v) is 2.75. The van der Waals surface area contributed by atoms with E-state index in [0.29, 0.717) is 0 Å². The lowest BCUT2D eigenvalue weighted by Gasteiger charge is -2.22. The molecule has 0 aromatic carbocycles. The molecule has 4 heteroatoms. The largest absolute Gasteiger partial charge is 0.355 e. The first-order chi connectivity index (χ1) is 3.95. The van der Waals surface area contributed by atoms with E-state index in [2.05, 4.69) is 5.43 Å². The number of nitrogens with two attached hydrogens (primary N) is 1. The molecule has 9 heavy (non-hydrogen) atoms. The van der Waals surface area contributed by atoms with Crippen molar-refractivity contribution >= 4 is 0 Å². The highest BCUT2D eigenvalue weighted by Gasteiger charge is 2.14. The van der Waals surface area contributed by atoms with E-state index in [1.807, 2.05) is 20.8 Å². The van der Waals surface area contributed by atoms with Gasteiger partial charge in [-0.1, -0.05) is 0 Å². The third-order valence-electron chi connectivity index (χ3n) is 0.608. The van der Waals surface area contributed by atoms with Gasteiger partial charge < -0.3 is 9.84 Å². The zero-order chi connectivity index (χ0) is 7.49. The molecule has 0 aliphatic heterocycles. The van der Waals surface area contributed by atoms with Crippen LogP contribution in [0.4, 0.5) is 0 Å². The molecule has 0 aromatic rings. The minimum absolute atomic E-state index is 0.369. The molecule has 0 aromatic heterocycles. The number of hydrogen-bond acceptors (Lipinski definition) is 4. The summed E-state index contributed by atoms with van der Waals surface area (Å²) in [5, 5.41) is 8.74.